The SMILES string of the molecule is CN(Cc1ncc2n1CCN(c1nc(Cl)nc3ccoc13)C2)C(=O)O. The maximum atomic E-state index is 11.0. The monoisotopic (exact) mass is 362 g/mol. The van der Waals surface area contributed by atoms with Gasteiger partial charge < -0.3 is 23.9 Å². The van der Waals surface area contributed by atoms with Crippen LogP contribution in [0.15, 0.2) is 22.9 Å². The summed E-state index contributed by atoms with van der Waals surface area (Å²) >= 11 is 6.02. The molecule has 3 aromatic rings. The maximum absolute atomic E-state index is 11.0. The molecule has 0 fully saturated rings. The van der Waals surface area contributed by atoms with Crippen molar-refractivity contribution in [3.63, 3.8) is 0 Å². The highest BCUT2D eigenvalue weighted by Gasteiger charge is 2.24. The number of rotatable bonds is 3. The Balaban J connectivity index is 1.62. The molecule has 0 saturated heterocycles. The van der Waals surface area contributed by atoms with E-state index in [-0.39, 0.29) is 11.8 Å². The van der Waals surface area contributed by atoms with E-state index in [4.69, 9.17) is 21.1 Å². The molecule has 0 bridgehead atoms. The van der Waals surface area contributed by atoms with Gasteiger partial charge in [-0.25, -0.2) is 14.8 Å². The van der Waals surface area contributed by atoms with E-state index in [0.29, 0.717) is 36.6 Å². The van der Waals surface area contributed by atoms with E-state index in [1.165, 1.54) is 11.9 Å². The summed E-state index contributed by atoms with van der Waals surface area (Å²) in [5.41, 5.74) is 2.25. The lowest BCUT2D eigenvalue weighted by atomic mass is 10.3. The molecule has 10 heteroatoms. The van der Waals surface area contributed by atoms with Gasteiger partial charge in [0.15, 0.2) is 11.4 Å². The van der Waals surface area contributed by atoms with Crippen molar-refractivity contribution in [2.75, 3.05) is 18.5 Å². The first kappa shape index (κ1) is 15.7. The molecule has 0 aliphatic carbocycles. The van der Waals surface area contributed by atoms with Gasteiger partial charge in [0, 0.05) is 26.2 Å². The number of amides is 1. The van der Waals surface area contributed by atoms with Crippen LogP contribution < -0.4 is 4.90 Å². The zero-order valence-electron chi connectivity index (χ0n) is 13.4. The van der Waals surface area contributed by atoms with E-state index in [1.807, 2.05) is 4.57 Å². The molecule has 0 spiro atoms. The van der Waals surface area contributed by atoms with Crippen LogP contribution in [0.2, 0.25) is 5.28 Å². The van der Waals surface area contributed by atoms with E-state index in [2.05, 4.69) is 19.9 Å². The lowest BCUT2D eigenvalue weighted by molar-refractivity contribution is 0.152. The summed E-state index contributed by atoms with van der Waals surface area (Å²) in [4.78, 5) is 27.1. The van der Waals surface area contributed by atoms with Crippen LogP contribution in [0.25, 0.3) is 11.1 Å². The molecule has 0 saturated carbocycles. The first-order valence-electron chi connectivity index (χ1n) is 7.66. The van der Waals surface area contributed by atoms with Gasteiger partial charge in [-0.2, -0.15) is 4.98 Å². The second-order valence-electron chi connectivity index (χ2n) is 5.83. The van der Waals surface area contributed by atoms with Crippen LogP contribution in [0.1, 0.15) is 11.5 Å². The van der Waals surface area contributed by atoms with Gasteiger partial charge in [-0.15, -0.1) is 0 Å². The number of aromatic nitrogens is 4. The summed E-state index contributed by atoms with van der Waals surface area (Å²) < 4.78 is 7.55. The van der Waals surface area contributed by atoms with Gasteiger partial charge in [0.25, 0.3) is 0 Å². The highest BCUT2D eigenvalue weighted by atomic mass is 35.5. The molecule has 25 heavy (non-hydrogen) atoms. The third kappa shape index (κ3) is 2.76. The molecule has 0 unspecified atom stereocenters. The summed E-state index contributed by atoms with van der Waals surface area (Å²) in [5.74, 6) is 1.38. The predicted molar refractivity (Wildman–Crippen MR) is 89.6 cm³/mol. The van der Waals surface area contributed by atoms with Crippen LogP contribution in [0, 0.1) is 0 Å². The molecule has 4 heterocycles. The largest absolute Gasteiger partial charge is 0.465 e. The molecule has 0 aromatic carbocycles. The molecule has 1 aliphatic rings. The molecule has 0 radical (unpaired) electrons. The van der Waals surface area contributed by atoms with E-state index >= 15 is 0 Å². The van der Waals surface area contributed by atoms with Crippen LogP contribution in [-0.2, 0) is 19.6 Å². The van der Waals surface area contributed by atoms with Gasteiger partial charge in [-0.1, -0.05) is 0 Å². The Bertz CT molecular complexity index is 952. The van der Waals surface area contributed by atoms with Crippen molar-refractivity contribution < 1.29 is 14.3 Å². The lowest BCUT2D eigenvalue weighted by Crippen LogP contribution is -2.35. The van der Waals surface area contributed by atoms with Gasteiger partial charge in [0.05, 0.1) is 31.2 Å². The normalized spacial score (nSPS) is 13.9. The fourth-order valence-corrected chi connectivity index (χ4v) is 3.14. The van der Waals surface area contributed by atoms with E-state index in [1.54, 1.807) is 18.5 Å². The Morgan fingerprint density at radius 2 is 2.28 bits per heavy atom. The Morgan fingerprint density at radius 3 is 3.08 bits per heavy atom. The number of hydrogen-bond acceptors (Lipinski definition) is 6. The number of halogens is 1. The second-order valence-corrected chi connectivity index (χ2v) is 6.17. The van der Waals surface area contributed by atoms with Crippen molar-refractivity contribution >= 4 is 34.6 Å². The summed E-state index contributed by atoms with van der Waals surface area (Å²) in [6.45, 7) is 2.17. The second kappa shape index (κ2) is 5.92. The summed E-state index contributed by atoms with van der Waals surface area (Å²) in [6.07, 6.45) is 2.35. The molecule has 3 aromatic heterocycles. The van der Waals surface area contributed by atoms with Gasteiger partial charge in [0.2, 0.25) is 5.28 Å². The average molecular weight is 363 g/mol. The topological polar surface area (TPSA) is 101 Å². The van der Waals surface area contributed by atoms with Crippen LogP contribution in [-0.4, -0.2) is 49.2 Å². The van der Waals surface area contributed by atoms with Gasteiger partial charge in [-0.05, 0) is 11.6 Å². The zero-order chi connectivity index (χ0) is 17.6. The minimum atomic E-state index is -0.981. The Kier molecular flexibility index (Phi) is 3.72. The smallest absolute Gasteiger partial charge is 0.407 e. The number of carbonyl (C=O) groups is 1. The van der Waals surface area contributed by atoms with Gasteiger partial charge in [0.1, 0.15) is 11.3 Å². The molecule has 4 rings (SSSR count). The zero-order valence-corrected chi connectivity index (χ0v) is 14.1. The van der Waals surface area contributed by atoms with Crippen molar-refractivity contribution in [3.8, 4) is 0 Å². The van der Waals surface area contributed by atoms with E-state index < -0.39 is 6.09 Å². The van der Waals surface area contributed by atoms with Crippen LogP contribution in [0.5, 0.6) is 0 Å². The predicted octanol–water partition coefficient (Wildman–Crippen LogP) is 2.20. The summed E-state index contributed by atoms with van der Waals surface area (Å²) in [6, 6.07) is 1.75. The number of carboxylic acid groups (broad SMARTS) is 1. The molecule has 1 amide bonds. The molecular weight excluding hydrogens is 348 g/mol. The van der Waals surface area contributed by atoms with Gasteiger partial charge >= 0.3 is 6.09 Å². The fourth-order valence-electron chi connectivity index (χ4n) is 2.97. The standard InChI is InChI=1S/C15H15ClN6O3/c1-20(15(23)24)8-11-17-6-9-7-21(3-4-22(9)11)13-12-10(2-5-25-12)18-14(16)19-13/h2,5-6H,3-4,7-8H2,1H3,(H,23,24). The number of imidazole rings is 1. The lowest BCUT2D eigenvalue weighted by Gasteiger charge is -2.30. The Labute approximate surface area is 147 Å². The molecule has 0 atom stereocenters. The number of hydrogen-bond donors (Lipinski definition) is 1. The molecule has 1 N–H and O–H groups in total. The third-order valence-corrected chi connectivity index (χ3v) is 4.40. The van der Waals surface area contributed by atoms with Crippen molar-refractivity contribution in [2.24, 2.45) is 0 Å². The maximum Gasteiger partial charge on any atom is 0.407 e. The number of furan rings is 1. The Morgan fingerprint density at radius 1 is 1.44 bits per heavy atom. The fraction of sp³-hybridized carbons (Fsp3) is 0.333. The molecule has 130 valence electrons. The minimum Gasteiger partial charge on any atom is -0.465 e. The van der Waals surface area contributed by atoms with Gasteiger partial charge in [-0.3, -0.25) is 0 Å². The van der Waals surface area contributed by atoms with Crippen LogP contribution >= 0.6 is 11.6 Å². The summed E-state index contributed by atoms with van der Waals surface area (Å²) in [7, 11) is 1.52. The number of nitrogens with zero attached hydrogens (tertiary/aromatic N) is 6. The number of fused-ring (bicyclic) bond motifs is 2. The van der Waals surface area contributed by atoms with Crippen LogP contribution in [0.4, 0.5) is 10.6 Å². The van der Waals surface area contributed by atoms with E-state index in [9.17, 15) is 4.79 Å². The van der Waals surface area contributed by atoms with Crippen molar-refractivity contribution in [3.05, 3.63) is 35.3 Å². The van der Waals surface area contributed by atoms with Crippen LogP contribution in [0.3, 0.4) is 0 Å². The number of anilines is 1. The average Bonchev–Trinajstić information content (AvgIpc) is 3.20. The van der Waals surface area contributed by atoms with E-state index in [0.717, 1.165) is 11.5 Å². The third-order valence-electron chi connectivity index (χ3n) is 4.23. The molecule has 9 nitrogen and oxygen atoms in total. The first-order chi connectivity index (χ1) is 12.0. The quantitative estimate of drug-likeness (QED) is 0.713. The summed E-state index contributed by atoms with van der Waals surface area (Å²) in [5, 5.41) is 9.20. The molecular formula is C15H15ClN6O3. The highest BCUT2D eigenvalue weighted by Crippen LogP contribution is 2.29. The highest BCUT2D eigenvalue weighted by molar-refractivity contribution is 6.28. The first-order valence-corrected chi connectivity index (χ1v) is 8.04. The van der Waals surface area contributed by atoms with Crippen molar-refractivity contribution in [1.82, 2.24) is 24.4 Å². The van der Waals surface area contributed by atoms with Crippen molar-refractivity contribution in [2.45, 2.75) is 19.6 Å². The minimum absolute atomic E-state index is 0.173. The molecule has 1 aliphatic heterocycles. The van der Waals surface area contributed by atoms with Crippen molar-refractivity contribution in [1.29, 1.82) is 0 Å². The Hall–Kier alpha value is -2.81.